The Labute approximate surface area is 192 Å². The second kappa shape index (κ2) is 10.2. The molecule has 0 bridgehead atoms. The molecule has 32 heavy (non-hydrogen) atoms. The summed E-state index contributed by atoms with van der Waals surface area (Å²) >= 11 is 1.58. The molecule has 1 aliphatic carbocycles. The molecule has 2 aromatic heterocycles. The quantitative estimate of drug-likeness (QED) is 0.415. The zero-order chi connectivity index (χ0) is 23.5. The van der Waals surface area contributed by atoms with E-state index < -0.39 is 30.0 Å². The molecule has 0 aromatic carbocycles. The van der Waals surface area contributed by atoms with Gasteiger partial charge in [-0.1, -0.05) is 6.08 Å². The summed E-state index contributed by atoms with van der Waals surface area (Å²) in [6.45, 7) is 9.69. The number of halogens is 2. The number of ether oxygens (including phenoxy) is 2. The van der Waals surface area contributed by atoms with Crippen molar-refractivity contribution in [3.63, 3.8) is 0 Å². The number of hydrogen-bond acceptors (Lipinski definition) is 5. The van der Waals surface area contributed by atoms with Gasteiger partial charge in [-0.05, 0) is 77.2 Å². The van der Waals surface area contributed by atoms with Gasteiger partial charge in [0.25, 0.3) is 0 Å². The maximum Gasteiger partial charge on any atom is 0.340 e. The van der Waals surface area contributed by atoms with Crippen LogP contribution in [0.1, 0.15) is 69.1 Å². The Hall–Kier alpha value is -2.12. The number of allylic oxidation sites excluding steroid dienone is 2. The molecule has 2 unspecified atom stereocenters. The van der Waals surface area contributed by atoms with Crippen LogP contribution >= 0.6 is 11.3 Å². The van der Waals surface area contributed by atoms with Gasteiger partial charge >= 0.3 is 5.97 Å². The Morgan fingerprint density at radius 2 is 1.97 bits per heavy atom. The first-order valence-electron chi connectivity index (χ1n) is 11.0. The fourth-order valence-electron chi connectivity index (χ4n) is 4.01. The van der Waals surface area contributed by atoms with Gasteiger partial charge in [-0.2, -0.15) is 0 Å². The molecule has 0 fully saturated rings. The summed E-state index contributed by atoms with van der Waals surface area (Å²) in [6.07, 6.45) is 3.41. The molecule has 7 heteroatoms. The van der Waals surface area contributed by atoms with Crippen LogP contribution in [0, 0.1) is 12.8 Å². The van der Waals surface area contributed by atoms with Gasteiger partial charge in [-0.15, -0.1) is 11.3 Å². The summed E-state index contributed by atoms with van der Waals surface area (Å²) in [5, 5.41) is 0. The normalized spacial score (nSPS) is 17.9. The molecule has 2 aromatic rings. The average molecular weight is 464 g/mol. The first-order valence-corrected chi connectivity index (χ1v) is 11.8. The number of aryl methyl sites for hydroxylation is 1. The maximum atomic E-state index is 13.3. The number of carbonyl (C=O) groups excluding carboxylic acids is 1. The fraction of sp³-hybridized carbons (Fsp3) is 0.520. The molecule has 4 nitrogen and oxygen atoms in total. The lowest BCUT2D eigenvalue weighted by atomic mass is 9.83. The molecular formula is C25H31F2NO3S. The summed E-state index contributed by atoms with van der Waals surface area (Å²) < 4.78 is 38.1. The van der Waals surface area contributed by atoms with Gasteiger partial charge in [-0.3, -0.25) is 4.98 Å². The second-order valence-corrected chi connectivity index (χ2v) is 10.2. The summed E-state index contributed by atoms with van der Waals surface area (Å²) in [7, 11) is 0. The number of hydrogen-bond donors (Lipinski definition) is 0. The van der Waals surface area contributed by atoms with E-state index in [4.69, 9.17) is 9.47 Å². The number of pyridine rings is 1. The van der Waals surface area contributed by atoms with Crippen LogP contribution in [0.3, 0.4) is 0 Å². The molecule has 0 aliphatic heterocycles. The smallest absolute Gasteiger partial charge is 0.340 e. The van der Waals surface area contributed by atoms with Crippen molar-refractivity contribution >= 4 is 22.9 Å². The predicted octanol–water partition coefficient (Wildman–Crippen LogP) is 6.99. The van der Waals surface area contributed by atoms with Crippen LogP contribution in [-0.2, 0) is 14.3 Å². The molecular weight excluding hydrogens is 432 g/mol. The van der Waals surface area contributed by atoms with Crippen molar-refractivity contribution in [3.05, 3.63) is 46.6 Å². The topological polar surface area (TPSA) is 48.4 Å². The van der Waals surface area contributed by atoms with Crippen molar-refractivity contribution in [2.45, 2.75) is 72.0 Å². The number of nitrogens with zero attached hydrogens (tertiary/aromatic N) is 1. The van der Waals surface area contributed by atoms with Crippen molar-refractivity contribution in [2.24, 2.45) is 5.92 Å². The number of esters is 1. The molecule has 2 heterocycles. The highest BCUT2D eigenvalue weighted by atomic mass is 32.1. The minimum atomic E-state index is -2.33. The zero-order valence-corrected chi connectivity index (χ0v) is 20.1. The number of carbonyl (C=O) groups is 1. The molecule has 0 radical (unpaired) electrons. The molecule has 0 saturated heterocycles. The molecule has 0 N–H and O–H groups in total. The predicted molar refractivity (Wildman–Crippen MR) is 124 cm³/mol. The number of alkyl halides is 2. The van der Waals surface area contributed by atoms with Crippen LogP contribution in [0.5, 0.6) is 0 Å². The minimum absolute atomic E-state index is 0.247. The lowest BCUT2D eigenvalue weighted by Crippen LogP contribution is -2.29. The third-order valence-electron chi connectivity index (χ3n) is 5.44. The number of aromatic nitrogens is 1. The third-order valence-corrected chi connectivity index (χ3v) is 6.61. The van der Waals surface area contributed by atoms with E-state index in [1.165, 1.54) is 0 Å². The van der Waals surface area contributed by atoms with E-state index in [-0.39, 0.29) is 6.61 Å². The van der Waals surface area contributed by atoms with Crippen LogP contribution in [0.15, 0.2) is 30.6 Å². The number of thiophene rings is 1. The Kier molecular flexibility index (Phi) is 7.83. The Morgan fingerprint density at radius 3 is 2.50 bits per heavy atom. The van der Waals surface area contributed by atoms with Gasteiger partial charge in [-0.25, -0.2) is 13.6 Å². The monoisotopic (exact) mass is 463 g/mol. The van der Waals surface area contributed by atoms with Crippen LogP contribution in [0.4, 0.5) is 8.78 Å². The van der Waals surface area contributed by atoms with E-state index in [0.717, 1.165) is 32.0 Å². The van der Waals surface area contributed by atoms with E-state index in [9.17, 15) is 13.6 Å². The van der Waals surface area contributed by atoms with Gasteiger partial charge in [0.2, 0.25) is 6.43 Å². The molecule has 0 saturated carbocycles. The molecule has 0 spiro atoms. The van der Waals surface area contributed by atoms with Crippen molar-refractivity contribution < 1.29 is 23.0 Å². The van der Waals surface area contributed by atoms with E-state index in [1.54, 1.807) is 30.7 Å². The second-order valence-electron chi connectivity index (χ2n) is 8.97. The summed E-state index contributed by atoms with van der Waals surface area (Å²) in [4.78, 5) is 19.1. The van der Waals surface area contributed by atoms with Crippen LogP contribution in [0.25, 0.3) is 16.0 Å². The standard InChI is InChI=1S/C25H31F2NO3S/c1-6-30-24(29)21(31-25(3,4)5)19-15(2)32-22(17-11-13-28-14-12-17)20(19)16-7-9-18(10-8-16)23(26)27/h7,11-14,18,21,23H,6,8-10H2,1-5H3. The molecule has 0 amide bonds. The summed E-state index contributed by atoms with van der Waals surface area (Å²) in [6, 6.07) is 3.85. The van der Waals surface area contributed by atoms with E-state index in [2.05, 4.69) is 4.98 Å². The van der Waals surface area contributed by atoms with E-state index >= 15 is 0 Å². The van der Waals surface area contributed by atoms with Gasteiger partial charge in [0.15, 0.2) is 6.10 Å². The molecule has 1 aliphatic rings. The van der Waals surface area contributed by atoms with Crippen LogP contribution in [-0.4, -0.2) is 29.6 Å². The Morgan fingerprint density at radius 1 is 1.28 bits per heavy atom. The minimum Gasteiger partial charge on any atom is -0.464 e. The van der Waals surface area contributed by atoms with Gasteiger partial charge in [0, 0.05) is 39.2 Å². The van der Waals surface area contributed by atoms with Gasteiger partial charge in [0.1, 0.15) is 0 Å². The van der Waals surface area contributed by atoms with Crippen molar-refractivity contribution in [3.8, 4) is 10.4 Å². The first kappa shape index (κ1) is 24.5. The highest BCUT2D eigenvalue weighted by molar-refractivity contribution is 7.16. The van der Waals surface area contributed by atoms with E-state index in [0.29, 0.717) is 19.3 Å². The third kappa shape index (κ3) is 5.62. The fourth-order valence-corrected chi connectivity index (χ4v) is 5.23. The molecule has 174 valence electrons. The molecule has 3 rings (SSSR count). The highest BCUT2D eigenvalue weighted by Gasteiger charge is 2.36. The number of rotatable bonds is 7. The van der Waals surface area contributed by atoms with E-state index in [1.807, 2.05) is 45.9 Å². The Balaban J connectivity index is 2.19. The van der Waals surface area contributed by atoms with Gasteiger partial charge < -0.3 is 9.47 Å². The van der Waals surface area contributed by atoms with Crippen molar-refractivity contribution in [1.82, 2.24) is 4.98 Å². The average Bonchev–Trinajstić information content (AvgIpc) is 3.09. The zero-order valence-electron chi connectivity index (χ0n) is 19.3. The van der Waals surface area contributed by atoms with Gasteiger partial charge in [0.05, 0.1) is 12.2 Å². The summed E-state index contributed by atoms with van der Waals surface area (Å²) in [5.41, 5.74) is 3.07. The van der Waals surface area contributed by atoms with Crippen molar-refractivity contribution in [1.29, 1.82) is 0 Å². The largest absolute Gasteiger partial charge is 0.464 e. The lowest BCUT2D eigenvalue weighted by Gasteiger charge is -2.29. The van der Waals surface area contributed by atoms with Crippen molar-refractivity contribution in [2.75, 3.05) is 6.61 Å². The Bertz CT molecular complexity index is 964. The highest BCUT2D eigenvalue weighted by Crippen LogP contribution is 2.47. The van der Waals surface area contributed by atoms with Crippen LogP contribution in [0.2, 0.25) is 0 Å². The van der Waals surface area contributed by atoms with Crippen LogP contribution < -0.4 is 0 Å². The molecule has 2 atom stereocenters. The first-order chi connectivity index (χ1) is 15.1. The lowest BCUT2D eigenvalue weighted by molar-refractivity contribution is -0.166. The maximum absolute atomic E-state index is 13.3. The summed E-state index contributed by atoms with van der Waals surface area (Å²) in [5.74, 6) is -1.06. The SMILES string of the molecule is CCOC(=O)C(OC(C)(C)C)c1c(C)sc(-c2ccncc2)c1C1=CCC(C(F)F)CC1.